The first kappa shape index (κ1) is 24.0. The zero-order valence-electron chi connectivity index (χ0n) is 14.1. The third kappa shape index (κ3) is 19.1. The maximum absolute atomic E-state index is 8.88. The van der Waals surface area contributed by atoms with Crippen molar-refractivity contribution in [2.45, 2.75) is 0 Å². The van der Waals surface area contributed by atoms with Crippen LogP contribution in [0.15, 0.2) is 84.9 Å². The van der Waals surface area contributed by atoms with Crippen LogP contribution in [0.5, 0.6) is 23.0 Å². The molecule has 146 valence electrons. The van der Waals surface area contributed by atoms with E-state index in [1.165, 1.54) is 18.2 Å². The summed E-state index contributed by atoms with van der Waals surface area (Å²) in [7, 11) is -4.64. The molecule has 0 bridgehead atoms. The number of phenolic OH excluding ortho intramolecular Hbond substituents is 4. The molecule has 0 aliphatic heterocycles. The Bertz CT molecular complexity index is 728. The highest BCUT2D eigenvalue weighted by Gasteiger charge is 2.00. The number of phenols is 4. The molecule has 7 N–H and O–H groups in total. The summed E-state index contributed by atoms with van der Waals surface area (Å²) in [6.45, 7) is 0. The zero-order valence-corrected chi connectivity index (χ0v) is 15.0. The number of para-hydroxylation sites is 2. The van der Waals surface area contributed by atoms with Crippen molar-refractivity contribution < 1.29 is 39.7 Å². The Morgan fingerprint density at radius 1 is 0.481 bits per heavy atom. The van der Waals surface area contributed by atoms with Gasteiger partial charge < -0.3 is 35.1 Å². The van der Waals surface area contributed by atoms with Crippen LogP contribution in [0.25, 0.3) is 0 Å². The van der Waals surface area contributed by atoms with Crippen molar-refractivity contribution in [2.24, 2.45) is 0 Å². The molecule has 0 unspecified atom stereocenters. The predicted octanol–water partition coefficient (Wildman–Crippen LogP) is 2.95. The minimum atomic E-state index is -4.64. The molecule has 0 amide bonds. The number of phosphoric acid groups is 1. The highest BCUT2D eigenvalue weighted by Crippen LogP contribution is 2.25. The van der Waals surface area contributed by atoms with Crippen LogP contribution in [0, 0.1) is 0 Å². The van der Waals surface area contributed by atoms with Crippen molar-refractivity contribution in [1.29, 1.82) is 0 Å². The third-order valence-corrected chi connectivity index (χ3v) is 2.34. The van der Waals surface area contributed by atoms with Gasteiger partial charge in [0.15, 0.2) is 0 Å². The van der Waals surface area contributed by atoms with Crippen LogP contribution < -0.4 is 0 Å². The molecular weight excluding hydrogens is 375 g/mol. The van der Waals surface area contributed by atoms with E-state index in [1.54, 1.807) is 54.6 Å². The van der Waals surface area contributed by atoms with Crippen LogP contribution in [0.2, 0.25) is 0 Å². The molecule has 0 saturated heterocycles. The van der Waals surface area contributed by atoms with Crippen LogP contribution >= 0.6 is 7.82 Å². The molecule has 0 atom stereocenters. The van der Waals surface area contributed by atoms with E-state index in [0.29, 0.717) is 11.5 Å². The molecule has 0 aromatic heterocycles. The average molecular weight is 396 g/mol. The molecule has 3 aromatic carbocycles. The van der Waals surface area contributed by atoms with Gasteiger partial charge in [-0.3, -0.25) is 0 Å². The molecule has 0 fully saturated rings. The number of aromatic hydroxyl groups is 4. The van der Waals surface area contributed by atoms with Crippen molar-refractivity contribution in [3.63, 3.8) is 0 Å². The fraction of sp³-hybridized carbons (Fsp3) is 0. The monoisotopic (exact) mass is 396 g/mol. The van der Waals surface area contributed by atoms with Crippen molar-refractivity contribution in [1.82, 2.24) is 0 Å². The molecule has 0 aliphatic rings. The average Bonchev–Trinajstić information content (AvgIpc) is 2.56. The van der Waals surface area contributed by atoms with Gasteiger partial charge in [-0.25, -0.2) is 4.57 Å². The van der Waals surface area contributed by atoms with Crippen LogP contribution in [-0.4, -0.2) is 35.1 Å². The summed E-state index contributed by atoms with van der Waals surface area (Å²) in [6.07, 6.45) is 0. The highest BCUT2D eigenvalue weighted by molar-refractivity contribution is 7.45. The lowest BCUT2D eigenvalue weighted by atomic mass is 10.3. The minimum absolute atomic E-state index is 0.0880. The summed E-state index contributed by atoms with van der Waals surface area (Å²) in [5, 5.41) is 34.6. The van der Waals surface area contributed by atoms with Gasteiger partial charge in [-0.15, -0.1) is 0 Å². The molecule has 8 nitrogen and oxygen atoms in total. The van der Waals surface area contributed by atoms with Crippen LogP contribution in [0.1, 0.15) is 0 Å². The second kappa shape index (κ2) is 13.2. The maximum atomic E-state index is 8.88. The van der Waals surface area contributed by atoms with Gasteiger partial charge in [0, 0.05) is 6.07 Å². The van der Waals surface area contributed by atoms with E-state index in [2.05, 4.69) is 0 Å². The molecule has 3 rings (SSSR count). The van der Waals surface area contributed by atoms with Gasteiger partial charge >= 0.3 is 7.82 Å². The maximum Gasteiger partial charge on any atom is 0.466 e. The summed E-state index contributed by atoms with van der Waals surface area (Å²) in [4.78, 5) is 21.6. The molecule has 3 aromatic rings. The minimum Gasteiger partial charge on any atom is -0.508 e. The van der Waals surface area contributed by atoms with Crippen LogP contribution in [-0.2, 0) is 4.57 Å². The normalized spacial score (nSPS) is 9.30. The summed E-state index contributed by atoms with van der Waals surface area (Å²) in [5.74, 6) is 0.819. The molecule has 27 heavy (non-hydrogen) atoms. The van der Waals surface area contributed by atoms with Gasteiger partial charge in [0.05, 0.1) is 0 Å². The third-order valence-electron chi connectivity index (χ3n) is 2.34. The second-order valence-corrected chi connectivity index (χ2v) is 5.73. The lowest BCUT2D eigenvalue weighted by molar-refractivity contribution is 0.275. The fourth-order valence-electron chi connectivity index (χ4n) is 1.35. The van der Waals surface area contributed by atoms with E-state index in [1.807, 2.05) is 12.1 Å². The number of rotatable bonds is 0. The first-order valence-corrected chi connectivity index (χ1v) is 8.88. The number of hydrogen-bond acceptors (Lipinski definition) is 5. The molecule has 0 heterocycles. The summed E-state index contributed by atoms with van der Waals surface area (Å²) >= 11 is 0. The van der Waals surface area contributed by atoms with E-state index < -0.39 is 7.82 Å². The summed E-state index contributed by atoms with van der Waals surface area (Å²) < 4.78 is 8.88. The van der Waals surface area contributed by atoms with E-state index in [4.69, 9.17) is 39.7 Å². The molecule has 9 heteroatoms. The topological polar surface area (TPSA) is 159 Å². The van der Waals surface area contributed by atoms with Crippen molar-refractivity contribution >= 4 is 7.82 Å². The molecular formula is C18H21O8P. The van der Waals surface area contributed by atoms with Gasteiger partial charge in [0.1, 0.15) is 23.0 Å². The number of benzene rings is 3. The Hall–Kier alpha value is -3.03. The van der Waals surface area contributed by atoms with Gasteiger partial charge in [-0.1, -0.05) is 42.5 Å². The first-order valence-electron chi connectivity index (χ1n) is 7.32. The first-order chi connectivity index (χ1) is 12.6. The van der Waals surface area contributed by atoms with Crippen molar-refractivity contribution in [3.05, 3.63) is 84.9 Å². The van der Waals surface area contributed by atoms with E-state index in [0.717, 1.165) is 0 Å². The Morgan fingerprint density at radius 2 is 0.741 bits per heavy atom. The fourth-order valence-corrected chi connectivity index (χ4v) is 1.35. The van der Waals surface area contributed by atoms with Crippen molar-refractivity contribution in [2.75, 3.05) is 0 Å². The van der Waals surface area contributed by atoms with Crippen LogP contribution in [0.4, 0.5) is 0 Å². The Morgan fingerprint density at radius 3 is 0.889 bits per heavy atom. The Labute approximate surface area is 156 Å². The summed E-state index contributed by atoms with van der Waals surface area (Å²) in [6, 6.07) is 23.3. The van der Waals surface area contributed by atoms with Gasteiger partial charge in [0.25, 0.3) is 0 Å². The highest BCUT2D eigenvalue weighted by atomic mass is 31.2. The standard InChI is InChI=1S/C6H6O2.2C6H6O.H3O4P/c7-5-2-1-3-6(8)4-5;2*7-6-4-2-1-3-5-6;1-5(2,3)4/h1-4,7-8H;2*1-5,7H;(H3,1,2,3,4). The molecule has 0 radical (unpaired) electrons. The largest absolute Gasteiger partial charge is 0.508 e. The van der Waals surface area contributed by atoms with Crippen molar-refractivity contribution in [3.8, 4) is 23.0 Å². The van der Waals surface area contributed by atoms with Crippen LogP contribution in [0.3, 0.4) is 0 Å². The molecule has 0 saturated carbocycles. The van der Waals surface area contributed by atoms with E-state index in [-0.39, 0.29) is 11.5 Å². The molecule has 0 spiro atoms. The predicted molar refractivity (Wildman–Crippen MR) is 100 cm³/mol. The Balaban J connectivity index is 0.000000339. The zero-order chi connectivity index (χ0) is 20.7. The van der Waals surface area contributed by atoms with E-state index in [9.17, 15) is 0 Å². The van der Waals surface area contributed by atoms with Gasteiger partial charge in [0.2, 0.25) is 0 Å². The SMILES string of the molecule is O=P(O)(O)O.Oc1cccc(O)c1.Oc1ccccc1.Oc1ccccc1. The number of hydrogen-bond donors (Lipinski definition) is 7. The van der Waals surface area contributed by atoms with Gasteiger partial charge in [-0.05, 0) is 36.4 Å². The van der Waals surface area contributed by atoms with Gasteiger partial charge in [-0.2, -0.15) is 0 Å². The second-order valence-electron chi connectivity index (χ2n) is 4.70. The summed E-state index contributed by atoms with van der Waals surface area (Å²) in [5.41, 5.74) is 0. The quantitative estimate of drug-likeness (QED) is 0.286. The Kier molecular flexibility index (Phi) is 11.7. The molecule has 0 aliphatic carbocycles. The van der Waals surface area contributed by atoms with E-state index >= 15 is 0 Å². The smallest absolute Gasteiger partial charge is 0.466 e. The lowest BCUT2D eigenvalue weighted by Gasteiger charge is -1.89. The lowest BCUT2D eigenvalue weighted by Crippen LogP contribution is -1.66.